The summed E-state index contributed by atoms with van der Waals surface area (Å²) in [5, 5.41) is 21.7. The highest BCUT2D eigenvalue weighted by Gasteiger charge is 2.30. The predicted octanol–water partition coefficient (Wildman–Crippen LogP) is 5.07. The highest BCUT2D eigenvalue weighted by atomic mass is 32.1. The Morgan fingerprint density at radius 2 is 1.75 bits per heavy atom. The number of ether oxygens (including phenoxy) is 1. The number of anilines is 1. The summed E-state index contributed by atoms with van der Waals surface area (Å²) in [5.41, 5.74) is 8.39. The van der Waals surface area contributed by atoms with Gasteiger partial charge in [0.05, 0.1) is 52.9 Å². The molecule has 1 saturated heterocycles. The van der Waals surface area contributed by atoms with Gasteiger partial charge in [-0.05, 0) is 40.1 Å². The van der Waals surface area contributed by atoms with E-state index in [1.54, 1.807) is 6.07 Å². The number of hydrogen-bond donors (Lipinski definition) is 1. The Kier molecular flexibility index (Phi) is 6.90. The van der Waals surface area contributed by atoms with Crippen LogP contribution in [0.2, 0.25) is 0 Å². The van der Waals surface area contributed by atoms with Crippen LogP contribution >= 0.6 is 11.3 Å². The lowest BCUT2D eigenvalue weighted by Crippen LogP contribution is -2.62. The van der Waals surface area contributed by atoms with Gasteiger partial charge in [0.25, 0.3) is 6.20 Å². The zero-order valence-corrected chi connectivity index (χ0v) is 23.7. The first-order valence-corrected chi connectivity index (χ1v) is 14.4. The van der Waals surface area contributed by atoms with Crippen LogP contribution < -0.4 is 20.6 Å². The normalized spacial score (nSPS) is 14.5. The van der Waals surface area contributed by atoms with Crippen molar-refractivity contribution in [2.45, 2.75) is 6.18 Å². The molecule has 0 unspecified atom stereocenters. The third kappa shape index (κ3) is 5.09. The molecule has 0 aliphatic carbocycles. The van der Waals surface area contributed by atoms with E-state index >= 15 is 0 Å². The first-order chi connectivity index (χ1) is 21.3. The number of morpholine rings is 1. The fraction of sp³-hybridized carbons (Fsp3) is 0.161. The van der Waals surface area contributed by atoms with Crippen LogP contribution in [-0.4, -0.2) is 42.5 Å². The lowest BCUT2D eigenvalue weighted by Gasteiger charge is -2.18. The molecule has 0 atom stereocenters. The average molecular weight is 617 g/mol. The van der Waals surface area contributed by atoms with E-state index in [9.17, 15) is 18.3 Å². The van der Waals surface area contributed by atoms with Crippen molar-refractivity contribution in [3.05, 3.63) is 89.4 Å². The summed E-state index contributed by atoms with van der Waals surface area (Å²) < 4.78 is 50.7. The number of alkyl halides is 3. The number of fused-ring (bicyclic) bond motifs is 2. The Morgan fingerprint density at radius 3 is 2.52 bits per heavy atom. The molecule has 0 spiro atoms. The molecule has 7 rings (SSSR count). The smallest absolute Gasteiger partial charge is 0.416 e. The molecule has 1 aliphatic heterocycles. The standard InChI is InChI=1S/C31H23F3N6O3S/c32-31(33,34)20-10-8-19(9-11-20)23-16-24(22-7-3-5-18-4-1-2-6-21(18)22)36-30-26(23)27(35)28(44-30)29(41)37-25-17-40(38-43-25)39-12-14-42-15-13-39/h1-11,16-17H,12-15H2,(H2-,35,37,38,41). The number of aliphatic imine (C=N–C) groups is 1. The molecule has 4 heterocycles. The van der Waals surface area contributed by atoms with Gasteiger partial charge < -0.3 is 15.6 Å². The van der Waals surface area contributed by atoms with Crippen LogP contribution in [0.15, 0.2) is 88.5 Å². The summed E-state index contributed by atoms with van der Waals surface area (Å²) in [4.78, 5) is 11.0. The maximum absolute atomic E-state index is 13.4. The van der Waals surface area contributed by atoms with Crippen LogP contribution in [0.4, 0.5) is 24.7 Å². The van der Waals surface area contributed by atoms with E-state index in [0.29, 0.717) is 53.3 Å². The second kappa shape index (κ2) is 10.9. The van der Waals surface area contributed by atoms with Crippen LogP contribution in [0, 0.1) is 0 Å². The van der Waals surface area contributed by atoms with Crippen LogP contribution in [0.1, 0.15) is 10.4 Å². The molecule has 2 N–H and O–H groups in total. The van der Waals surface area contributed by atoms with Crippen molar-refractivity contribution in [2.75, 3.05) is 37.0 Å². The second-order valence-electron chi connectivity index (χ2n) is 10.1. The molecule has 9 nitrogen and oxygen atoms in total. The lowest BCUT2D eigenvalue weighted by molar-refractivity contribution is -0.759. The number of pyridine rings is 1. The quantitative estimate of drug-likeness (QED) is 0.163. The molecule has 0 saturated carbocycles. The summed E-state index contributed by atoms with van der Waals surface area (Å²) in [6.45, 7) is 2.29. The monoisotopic (exact) mass is 616 g/mol. The minimum atomic E-state index is -4.48. The first kappa shape index (κ1) is 27.8. The van der Waals surface area contributed by atoms with Gasteiger partial charge in [-0.3, -0.25) is 4.52 Å². The average Bonchev–Trinajstić information content (AvgIpc) is 3.64. The Morgan fingerprint density at radius 1 is 1.00 bits per heavy atom. The number of nitrogens with zero attached hydrogens (tertiary/aromatic N) is 5. The van der Waals surface area contributed by atoms with E-state index in [4.69, 9.17) is 20.0 Å². The minimum Gasteiger partial charge on any atom is -0.857 e. The minimum absolute atomic E-state index is 0.00860. The summed E-state index contributed by atoms with van der Waals surface area (Å²) >= 11 is 1.06. The lowest BCUT2D eigenvalue weighted by atomic mass is 9.96. The molecule has 1 fully saturated rings. The van der Waals surface area contributed by atoms with E-state index in [2.05, 4.69) is 10.3 Å². The fourth-order valence-corrected chi connectivity index (χ4v) is 6.26. The Bertz CT molecular complexity index is 2030. The van der Waals surface area contributed by atoms with Crippen LogP contribution in [0.5, 0.6) is 0 Å². The number of aromatic nitrogens is 3. The number of halogens is 3. The third-order valence-corrected chi connectivity index (χ3v) is 8.50. The molecule has 0 amide bonds. The highest BCUT2D eigenvalue weighted by molar-refractivity contribution is 7.21. The van der Waals surface area contributed by atoms with E-state index in [0.717, 1.165) is 39.8 Å². The summed E-state index contributed by atoms with van der Waals surface area (Å²) in [6, 6.07) is 20.3. The zero-order valence-electron chi connectivity index (χ0n) is 22.9. The second-order valence-corrected chi connectivity index (χ2v) is 11.1. The van der Waals surface area contributed by atoms with Crippen molar-refractivity contribution in [1.82, 2.24) is 10.3 Å². The van der Waals surface area contributed by atoms with E-state index in [1.807, 2.05) is 47.5 Å². The zero-order chi connectivity index (χ0) is 30.4. The molecule has 13 heteroatoms. The van der Waals surface area contributed by atoms with Gasteiger partial charge in [-0.15, -0.1) is 16.3 Å². The molecule has 44 heavy (non-hydrogen) atoms. The summed E-state index contributed by atoms with van der Waals surface area (Å²) in [6.07, 6.45) is -2.99. The third-order valence-electron chi connectivity index (χ3n) is 7.41. The Labute approximate surface area is 252 Å². The topological polar surface area (TPSA) is 117 Å². The van der Waals surface area contributed by atoms with Gasteiger partial charge >= 0.3 is 12.1 Å². The highest BCUT2D eigenvalue weighted by Crippen LogP contribution is 2.43. The predicted molar refractivity (Wildman–Crippen MR) is 159 cm³/mol. The first-order valence-electron chi connectivity index (χ1n) is 13.6. The maximum atomic E-state index is 13.4. The molecular formula is C31H23F3N6O3S. The Hall–Kier alpha value is -5.01. The van der Waals surface area contributed by atoms with Crippen LogP contribution in [0.25, 0.3) is 43.4 Å². The maximum Gasteiger partial charge on any atom is 0.416 e. The molecule has 6 aromatic rings. The van der Waals surface area contributed by atoms with Gasteiger partial charge in [-0.1, -0.05) is 54.6 Å². The van der Waals surface area contributed by atoms with Crippen LogP contribution in [0.3, 0.4) is 0 Å². The number of nitrogen functional groups attached to an aromatic ring is 1. The van der Waals surface area contributed by atoms with Crippen molar-refractivity contribution in [3.8, 4) is 22.4 Å². The summed E-state index contributed by atoms with van der Waals surface area (Å²) in [7, 11) is 0. The van der Waals surface area contributed by atoms with E-state index in [-0.39, 0.29) is 16.4 Å². The molecule has 1 aliphatic rings. The van der Waals surface area contributed by atoms with E-state index in [1.165, 1.54) is 23.1 Å². The van der Waals surface area contributed by atoms with E-state index < -0.39 is 17.6 Å². The van der Waals surface area contributed by atoms with Crippen molar-refractivity contribution in [1.29, 1.82) is 0 Å². The summed E-state index contributed by atoms with van der Waals surface area (Å²) in [5.74, 6) is -0.661. The van der Waals surface area contributed by atoms with Crippen molar-refractivity contribution >= 4 is 49.8 Å². The van der Waals surface area contributed by atoms with Gasteiger partial charge in [0.15, 0.2) is 0 Å². The molecule has 0 bridgehead atoms. The number of nitrogens with two attached hydrogens (primary N) is 1. The SMILES string of the molecule is Nc1c(/C([O-])=N/c2c[n+](N3CCOCC3)no2)sc2nc(-c3cccc4ccccc34)cc(-c3ccc(C(F)(F)F)cc3)c12. The molecule has 222 valence electrons. The van der Waals surface area contributed by atoms with Crippen molar-refractivity contribution in [3.63, 3.8) is 0 Å². The van der Waals surface area contributed by atoms with Gasteiger partial charge in [0.1, 0.15) is 4.83 Å². The molecular weight excluding hydrogens is 593 g/mol. The number of benzene rings is 3. The van der Waals surface area contributed by atoms with Gasteiger partial charge in [0, 0.05) is 16.8 Å². The van der Waals surface area contributed by atoms with Gasteiger partial charge in [-0.25, -0.2) is 9.98 Å². The number of thiophene rings is 1. The van der Waals surface area contributed by atoms with Crippen molar-refractivity contribution in [2.24, 2.45) is 4.99 Å². The van der Waals surface area contributed by atoms with Crippen LogP contribution in [-0.2, 0) is 10.9 Å². The fourth-order valence-electron chi connectivity index (χ4n) is 5.25. The van der Waals surface area contributed by atoms with Crippen molar-refractivity contribution < 1.29 is 32.3 Å². The van der Waals surface area contributed by atoms with Gasteiger partial charge in [-0.2, -0.15) is 13.2 Å². The molecule has 0 radical (unpaired) electrons. The largest absolute Gasteiger partial charge is 0.857 e. The number of hydrogen-bond acceptors (Lipinski definition) is 9. The molecule has 3 aromatic heterocycles. The molecule has 3 aromatic carbocycles. The Balaban J connectivity index is 1.37. The van der Waals surface area contributed by atoms with Gasteiger partial charge in [0.2, 0.25) is 5.27 Å². The number of rotatable bonds is 5.